The number of hydrogen-bond donors (Lipinski definition) is 0. The topological polar surface area (TPSA) is 75.5 Å². The molecular formula is C21H26ClN3O4. The maximum Gasteiger partial charge on any atom is 0.306 e. The number of ether oxygens (including phenoxy) is 3. The minimum atomic E-state index is -0.648. The molecule has 0 spiro atoms. The molecule has 2 aromatic rings. The first-order valence-corrected chi connectivity index (χ1v) is 10.1. The molecule has 2 heterocycles. The molecule has 1 fully saturated rings. The van der Waals surface area contributed by atoms with E-state index in [1.807, 2.05) is 32.1 Å². The van der Waals surface area contributed by atoms with Gasteiger partial charge in [0.2, 0.25) is 0 Å². The summed E-state index contributed by atoms with van der Waals surface area (Å²) in [5.74, 6) is -0.309. The number of hydrogen-bond acceptors (Lipinski definition) is 6. The molecule has 8 heteroatoms. The first kappa shape index (κ1) is 21.5. The van der Waals surface area contributed by atoms with E-state index in [2.05, 4.69) is 10.1 Å². The second kappa shape index (κ2) is 9.52. The number of benzene rings is 1. The fourth-order valence-electron chi connectivity index (χ4n) is 3.15. The quantitative estimate of drug-likeness (QED) is 0.630. The van der Waals surface area contributed by atoms with Gasteiger partial charge in [-0.15, -0.1) is 0 Å². The Morgan fingerprint density at radius 3 is 2.59 bits per heavy atom. The van der Waals surface area contributed by atoms with Gasteiger partial charge in [0.05, 0.1) is 24.3 Å². The summed E-state index contributed by atoms with van der Waals surface area (Å²) in [6, 6.07) is 7.39. The van der Waals surface area contributed by atoms with Gasteiger partial charge in [-0.05, 0) is 30.2 Å². The van der Waals surface area contributed by atoms with Crippen LogP contribution in [0.1, 0.15) is 39.2 Å². The zero-order valence-electron chi connectivity index (χ0n) is 16.9. The van der Waals surface area contributed by atoms with Crippen molar-refractivity contribution in [3.63, 3.8) is 0 Å². The maximum absolute atomic E-state index is 12.3. The average Bonchev–Trinajstić information content (AvgIpc) is 3.27. The Morgan fingerprint density at radius 2 is 2.03 bits per heavy atom. The van der Waals surface area contributed by atoms with Gasteiger partial charge in [-0.1, -0.05) is 44.5 Å². The largest absolute Gasteiger partial charge is 0.455 e. The van der Waals surface area contributed by atoms with Crippen molar-refractivity contribution < 1.29 is 19.0 Å². The summed E-state index contributed by atoms with van der Waals surface area (Å²) >= 11 is 6.02. The van der Waals surface area contributed by atoms with E-state index in [9.17, 15) is 4.79 Å². The predicted molar refractivity (Wildman–Crippen MR) is 110 cm³/mol. The zero-order valence-corrected chi connectivity index (χ0v) is 17.6. The van der Waals surface area contributed by atoms with E-state index in [1.54, 1.807) is 30.1 Å². The lowest BCUT2D eigenvalue weighted by Crippen LogP contribution is -2.50. The zero-order chi connectivity index (χ0) is 20.9. The molecule has 0 N–H and O–H groups in total. The van der Waals surface area contributed by atoms with Gasteiger partial charge < -0.3 is 14.2 Å². The van der Waals surface area contributed by atoms with Crippen molar-refractivity contribution in [1.29, 1.82) is 0 Å². The van der Waals surface area contributed by atoms with Crippen LogP contribution in [0.3, 0.4) is 0 Å². The van der Waals surface area contributed by atoms with E-state index in [1.165, 1.54) is 6.33 Å². The molecule has 1 aromatic heterocycles. The monoisotopic (exact) mass is 419 g/mol. The van der Waals surface area contributed by atoms with E-state index in [4.69, 9.17) is 25.8 Å². The molecular weight excluding hydrogens is 394 g/mol. The Bertz CT molecular complexity index is 828. The Morgan fingerprint density at radius 1 is 1.34 bits per heavy atom. The number of carbonyl (C=O) groups is 1. The lowest BCUT2D eigenvalue weighted by Gasteiger charge is -2.42. The second-order valence-corrected chi connectivity index (χ2v) is 7.73. The van der Waals surface area contributed by atoms with E-state index in [-0.39, 0.29) is 18.7 Å². The molecule has 29 heavy (non-hydrogen) atoms. The van der Waals surface area contributed by atoms with Crippen molar-refractivity contribution >= 4 is 29.3 Å². The van der Waals surface area contributed by atoms with Crippen LogP contribution in [0.4, 0.5) is 0 Å². The van der Waals surface area contributed by atoms with Crippen LogP contribution in [0.5, 0.6) is 0 Å². The number of aromatic nitrogens is 3. The molecule has 0 amide bonds. The molecule has 156 valence electrons. The van der Waals surface area contributed by atoms with Gasteiger partial charge in [0, 0.05) is 11.4 Å². The van der Waals surface area contributed by atoms with E-state index >= 15 is 0 Å². The third-order valence-electron chi connectivity index (χ3n) is 4.84. The van der Waals surface area contributed by atoms with Gasteiger partial charge in [-0.2, -0.15) is 5.10 Å². The molecule has 0 saturated carbocycles. The highest BCUT2D eigenvalue weighted by atomic mass is 35.5. The summed E-state index contributed by atoms with van der Waals surface area (Å²) in [5.41, 5.74) is 0.960. The molecule has 3 rings (SSSR count). The molecule has 1 unspecified atom stereocenters. The van der Waals surface area contributed by atoms with Gasteiger partial charge in [0.1, 0.15) is 12.7 Å². The lowest BCUT2D eigenvalue weighted by atomic mass is 9.82. The SMILES string of the molecule is CCC(=O)OC(C(=Cc1ccc(Cl)cc1)n1cncn1)C1(C)COC(CC)OC1. The van der Waals surface area contributed by atoms with Gasteiger partial charge >= 0.3 is 5.97 Å². The van der Waals surface area contributed by atoms with Crippen LogP contribution >= 0.6 is 11.6 Å². The second-order valence-electron chi connectivity index (χ2n) is 7.30. The summed E-state index contributed by atoms with van der Waals surface area (Å²) in [6.45, 7) is 6.53. The van der Waals surface area contributed by atoms with Crippen LogP contribution in [0, 0.1) is 5.41 Å². The standard InChI is InChI=1S/C21H26ClN3O4/c1-4-18(26)29-20(21(3)11-27-19(5-2)28-12-21)17(25-14-23-13-24-25)10-15-6-8-16(22)9-7-15/h6-10,13-14,19-20H,4-5,11-12H2,1-3H3. The first-order chi connectivity index (χ1) is 13.9. The van der Waals surface area contributed by atoms with E-state index in [0.29, 0.717) is 23.9 Å². The third-order valence-corrected chi connectivity index (χ3v) is 5.09. The average molecular weight is 420 g/mol. The number of carbonyl (C=O) groups excluding carboxylic acids is 1. The molecule has 1 aliphatic heterocycles. The van der Waals surface area contributed by atoms with Crippen molar-refractivity contribution in [3.05, 3.63) is 47.5 Å². The van der Waals surface area contributed by atoms with E-state index < -0.39 is 11.5 Å². The Kier molecular flexibility index (Phi) is 7.05. The third kappa shape index (κ3) is 5.23. The van der Waals surface area contributed by atoms with Crippen LogP contribution < -0.4 is 0 Å². The van der Waals surface area contributed by atoms with Crippen LogP contribution in [0.2, 0.25) is 5.02 Å². The first-order valence-electron chi connectivity index (χ1n) is 9.70. The van der Waals surface area contributed by atoms with Crippen molar-refractivity contribution in [1.82, 2.24) is 14.8 Å². The lowest BCUT2D eigenvalue weighted by molar-refractivity contribution is -0.242. The molecule has 0 aliphatic carbocycles. The minimum Gasteiger partial charge on any atom is -0.455 e. The van der Waals surface area contributed by atoms with Gasteiger partial charge in [-0.25, -0.2) is 9.67 Å². The highest BCUT2D eigenvalue weighted by molar-refractivity contribution is 6.30. The Labute approximate surface area is 175 Å². The fourth-order valence-corrected chi connectivity index (χ4v) is 3.28. The van der Waals surface area contributed by atoms with Gasteiger partial charge in [0.25, 0.3) is 0 Å². The van der Waals surface area contributed by atoms with Crippen LogP contribution in [-0.2, 0) is 19.0 Å². The van der Waals surface area contributed by atoms with Gasteiger partial charge in [0.15, 0.2) is 12.4 Å². The van der Waals surface area contributed by atoms with Crippen LogP contribution in [-0.4, -0.2) is 46.3 Å². The smallest absolute Gasteiger partial charge is 0.306 e. The molecule has 1 aromatic carbocycles. The molecule has 7 nitrogen and oxygen atoms in total. The molecule has 1 aliphatic rings. The molecule has 0 radical (unpaired) electrons. The van der Waals surface area contributed by atoms with Crippen molar-refractivity contribution in [2.24, 2.45) is 5.41 Å². The summed E-state index contributed by atoms with van der Waals surface area (Å²) in [5, 5.41) is 4.92. The van der Waals surface area contributed by atoms with Crippen molar-refractivity contribution in [2.45, 2.75) is 46.0 Å². The van der Waals surface area contributed by atoms with Crippen molar-refractivity contribution in [3.8, 4) is 0 Å². The Balaban J connectivity index is 2.03. The Hall–Kier alpha value is -2.22. The molecule has 0 bridgehead atoms. The van der Waals surface area contributed by atoms with Crippen molar-refractivity contribution in [2.75, 3.05) is 13.2 Å². The molecule has 1 saturated heterocycles. The number of halogens is 1. The number of rotatable bonds is 7. The number of esters is 1. The summed E-state index contributed by atoms with van der Waals surface area (Å²) in [7, 11) is 0. The summed E-state index contributed by atoms with van der Waals surface area (Å²) < 4.78 is 19.3. The minimum absolute atomic E-state index is 0.249. The molecule has 1 atom stereocenters. The summed E-state index contributed by atoms with van der Waals surface area (Å²) in [4.78, 5) is 16.4. The van der Waals surface area contributed by atoms with E-state index in [0.717, 1.165) is 12.0 Å². The highest BCUT2D eigenvalue weighted by Gasteiger charge is 2.44. The fraction of sp³-hybridized carbons (Fsp3) is 0.476. The van der Waals surface area contributed by atoms with Gasteiger partial charge in [-0.3, -0.25) is 4.79 Å². The predicted octanol–water partition coefficient (Wildman–Crippen LogP) is 4.04. The summed E-state index contributed by atoms with van der Waals surface area (Å²) in [6.07, 6.45) is 5.06. The number of nitrogens with zero attached hydrogens (tertiary/aromatic N) is 3. The van der Waals surface area contributed by atoms with Crippen LogP contribution in [0.25, 0.3) is 11.8 Å². The van der Waals surface area contributed by atoms with Crippen LogP contribution in [0.15, 0.2) is 36.9 Å². The maximum atomic E-state index is 12.3. The highest BCUT2D eigenvalue weighted by Crippen LogP contribution is 2.37. The normalized spacial score (nSPS) is 23.6.